The predicted octanol–water partition coefficient (Wildman–Crippen LogP) is 2.31. The summed E-state index contributed by atoms with van der Waals surface area (Å²) in [5.41, 5.74) is 9.11. The van der Waals surface area contributed by atoms with Crippen molar-refractivity contribution in [3.63, 3.8) is 0 Å². The van der Waals surface area contributed by atoms with Crippen LogP contribution in [0.4, 0.5) is 5.82 Å². The molecule has 0 bridgehead atoms. The molecule has 2 aromatic rings. The first-order valence-corrected chi connectivity index (χ1v) is 7.15. The van der Waals surface area contributed by atoms with Gasteiger partial charge in [-0.25, -0.2) is 4.98 Å². The first-order valence-electron chi connectivity index (χ1n) is 6.78. The van der Waals surface area contributed by atoms with Gasteiger partial charge in [0.15, 0.2) is 0 Å². The molecule has 5 heteroatoms. The first-order chi connectivity index (χ1) is 9.70. The lowest BCUT2D eigenvalue weighted by molar-refractivity contribution is 0.278. The van der Waals surface area contributed by atoms with Crippen LogP contribution in [0.2, 0.25) is 5.02 Å². The maximum absolute atomic E-state index is 5.91. The van der Waals surface area contributed by atoms with E-state index in [4.69, 9.17) is 17.3 Å². The van der Waals surface area contributed by atoms with Crippen molar-refractivity contribution in [2.24, 2.45) is 0 Å². The Labute approximate surface area is 123 Å². The molecular formula is C15H17ClN4. The zero-order valence-electron chi connectivity index (χ0n) is 11.2. The van der Waals surface area contributed by atoms with Crippen LogP contribution in [0.1, 0.15) is 17.0 Å². The highest BCUT2D eigenvalue weighted by molar-refractivity contribution is 6.30. The topological polar surface area (TPSA) is 55.0 Å². The minimum atomic E-state index is 0.509. The van der Waals surface area contributed by atoms with E-state index >= 15 is 0 Å². The summed E-state index contributed by atoms with van der Waals surface area (Å²) in [5.74, 6) is 0.509. The molecule has 4 nitrogen and oxygen atoms in total. The Bertz CT molecular complexity index is 597. The van der Waals surface area contributed by atoms with Gasteiger partial charge >= 0.3 is 0 Å². The van der Waals surface area contributed by atoms with Crippen LogP contribution in [0.15, 0.2) is 30.5 Å². The maximum atomic E-state index is 5.91. The molecule has 0 amide bonds. The van der Waals surface area contributed by atoms with E-state index in [1.165, 1.54) is 5.56 Å². The Morgan fingerprint density at radius 2 is 1.80 bits per heavy atom. The van der Waals surface area contributed by atoms with Crippen LogP contribution in [0.25, 0.3) is 0 Å². The molecule has 104 valence electrons. The van der Waals surface area contributed by atoms with Gasteiger partial charge in [-0.15, -0.1) is 0 Å². The summed E-state index contributed by atoms with van der Waals surface area (Å²) >= 11 is 5.91. The molecule has 0 atom stereocenters. The van der Waals surface area contributed by atoms with E-state index < -0.39 is 0 Å². The maximum Gasteiger partial charge on any atom is 0.142 e. The Morgan fingerprint density at radius 1 is 1.10 bits per heavy atom. The minimum absolute atomic E-state index is 0.509. The number of anilines is 1. The fourth-order valence-corrected chi connectivity index (χ4v) is 2.65. The molecule has 0 aliphatic carbocycles. The molecule has 0 radical (unpaired) electrons. The van der Waals surface area contributed by atoms with E-state index in [1.54, 1.807) is 6.20 Å². The molecule has 1 aliphatic heterocycles. The smallest absolute Gasteiger partial charge is 0.142 e. The number of fused-ring (bicyclic) bond motifs is 1. The quantitative estimate of drug-likeness (QED) is 0.921. The highest BCUT2D eigenvalue weighted by atomic mass is 35.5. The lowest BCUT2D eigenvalue weighted by Crippen LogP contribution is -2.25. The molecule has 20 heavy (non-hydrogen) atoms. The molecule has 2 N–H and O–H groups in total. The molecule has 3 rings (SSSR count). The van der Waals surface area contributed by atoms with Gasteiger partial charge in [0.2, 0.25) is 0 Å². The van der Waals surface area contributed by atoms with Crippen LogP contribution in [-0.4, -0.2) is 28.0 Å². The van der Waals surface area contributed by atoms with E-state index in [1.807, 2.05) is 12.1 Å². The van der Waals surface area contributed by atoms with Crippen LogP contribution in [0, 0.1) is 0 Å². The average molecular weight is 289 g/mol. The summed E-state index contributed by atoms with van der Waals surface area (Å²) in [5, 5.41) is 0.779. The number of hydrogen-bond donors (Lipinski definition) is 1. The van der Waals surface area contributed by atoms with Crippen LogP contribution >= 0.6 is 11.6 Å². The standard InChI is InChI=1S/C15H17ClN4/c16-12-3-1-11(2-4-12)10-20-7-5-13-14(6-8-20)19-15(17)9-18-13/h1-4,9H,5-8,10H2,(H2,17,19). The Hall–Kier alpha value is -1.65. The van der Waals surface area contributed by atoms with Gasteiger partial charge in [-0.05, 0) is 17.7 Å². The van der Waals surface area contributed by atoms with E-state index in [9.17, 15) is 0 Å². The summed E-state index contributed by atoms with van der Waals surface area (Å²) in [6.07, 6.45) is 3.48. The minimum Gasteiger partial charge on any atom is -0.382 e. The van der Waals surface area contributed by atoms with Crippen molar-refractivity contribution < 1.29 is 0 Å². The van der Waals surface area contributed by atoms with Crippen molar-refractivity contribution in [3.8, 4) is 0 Å². The molecule has 0 saturated heterocycles. The summed E-state index contributed by atoms with van der Waals surface area (Å²) in [6, 6.07) is 8.03. The number of aromatic nitrogens is 2. The largest absolute Gasteiger partial charge is 0.382 e. The molecule has 0 saturated carbocycles. The summed E-state index contributed by atoms with van der Waals surface area (Å²) < 4.78 is 0. The Balaban J connectivity index is 1.68. The number of halogens is 1. The van der Waals surface area contributed by atoms with Crippen molar-refractivity contribution in [3.05, 3.63) is 52.4 Å². The number of hydrogen-bond acceptors (Lipinski definition) is 4. The van der Waals surface area contributed by atoms with Crippen LogP contribution in [0.5, 0.6) is 0 Å². The summed E-state index contributed by atoms with van der Waals surface area (Å²) in [4.78, 5) is 11.2. The molecule has 1 aromatic carbocycles. The summed E-state index contributed by atoms with van der Waals surface area (Å²) in [7, 11) is 0. The van der Waals surface area contributed by atoms with E-state index in [2.05, 4.69) is 27.0 Å². The second-order valence-corrected chi connectivity index (χ2v) is 5.53. The first kappa shape index (κ1) is 13.3. The van der Waals surface area contributed by atoms with Crippen LogP contribution < -0.4 is 5.73 Å². The molecule has 1 aliphatic rings. The van der Waals surface area contributed by atoms with Gasteiger partial charge < -0.3 is 5.73 Å². The highest BCUT2D eigenvalue weighted by Crippen LogP contribution is 2.16. The molecule has 1 aromatic heterocycles. The van der Waals surface area contributed by atoms with Crippen molar-refractivity contribution >= 4 is 17.4 Å². The van der Waals surface area contributed by atoms with Gasteiger partial charge in [0.05, 0.1) is 17.6 Å². The van der Waals surface area contributed by atoms with Gasteiger partial charge in [0, 0.05) is 37.5 Å². The zero-order chi connectivity index (χ0) is 13.9. The van der Waals surface area contributed by atoms with Crippen molar-refractivity contribution in [1.82, 2.24) is 14.9 Å². The van der Waals surface area contributed by atoms with Crippen molar-refractivity contribution in [2.45, 2.75) is 19.4 Å². The molecule has 0 spiro atoms. The van der Waals surface area contributed by atoms with Crippen molar-refractivity contribution in [2.75, 3.05) is 18.8 Å². The van der Waals surface area contributed by atoms with Gasteiger partial charge in [-0.2, -0.15) is 0 Å². The van der Waals surface area contributed by atoms with E-state index in [-0.39, 0.29) is 0 Å². The monoisotopic (exact) mass is 288 g/mol. The Kier molecular flexibility index (Phi) is 3.85. The normalized spacial score (nSPS) is 15.7. The number of nitrogens with zero attached hydrogens (tertiary/aromatic N) is 3. The number of rotatable bonds is 2. The van der Waals surface area contributed by atoms with Gasteiger partial charge in [-0.1, -0.05) is 23.7 Å². The number of benzene rings is 1. The zero-order valence-corrected chi connectivity index (χ0v) is 12.0. The van der Waals surface area contributed by atoms with Crippen molar-refractivity contribution in [1.29, 1.82) is 0 Å². The van der Waals surface area contributed by atoms with Crippen LogP contribution in [0.3, 0.4) is 0 Å². The summed E-state index contributed by atoms with van der Waals surface area (Å²) in [6.45, 7) is 2.91. The van der Waals surface area contributed by atoms with E-state index in [0.29, 0.717) is 5.82 Å². The molecule has 0 fully saturated rings. The van der Waals surface area contributed by atoms with Gasteiger partial charge in [-0.3, -0.25) is 9.88 Å². The highest BCUT2D eigenvalue weighted by Gasteiger charge is 2.16. The second kappa shape index (κ2) is 5.77. The number of nitrogen functional groups attached to an aromatic ring is 1. The van der Waals surface area contributed by atoms with E-state index in [0.717, 1.165) is 48.9 Å². The lowest BCUT2D eigenvalue weighted by Gasteiger charge is -2.19. The number of nitrogens with two attached hydrogens (primary N) is 1. The van der Waals surface area contributed by atoms with Gasteiger partial charge in [0.1, 0.15) is 5.82 Å². The lowest BCUT2D eigenvalue weighted by atomic mass is 10.2. The third kappa shape index (κ3) is 3.08. The molecule has 0 unspecified atom stereocenters. The third-order valence-electron chi connectivity index (χ3n) is 3.60. The Morgan fingerprint density at radius 3 is 2.55 bits per heavy atom. The predicted molar refractivity (Wildman–Crippen MR) is 80.6 cm³/mol. The average Bonchev–Trinajstić information content (AvgIpc) is 2.64. The second-order valence-electron chi connectivity index (χ2n) is 5.09. The van der Waals surface area contributed by atoms with Crippen LogP contribution in [-0.2, 0) is 19.4 Å². The fourth-order valence-electron chi connectivity index (χ4n) is 2.52. The fraction of sp³-hybridized carbons (Fsp3) is 0.333. The van der Waals surface area contributed by atoms with Gasteiger partial charge in [0.25, 0.3) is 0 Å². The molecule has 2 heterocycles. The third-order valence-corrected chi connectivity index (χ3v) is 3.85. The SMILES string of the molecule is Nc1cnc2c(n1)CCN(Cc1ccc(Cl)cc1)CC2. The molecular weight excluding hydrogens is 272 g/mol.